The molecule has 44 heavy (non-hydrogen) atoms. The molecule has 4 heterocycles. The molecule has 0 saturated carbocycles. The highest BCUT2D eigenvalue weighted by atomic mass is 32.1. The summed E-state index contributed by atoms with van der Waals surface area (Å²) in [6.45, 7) is 0. The molecule has 0 unspecified atom stereocenters. The number of nitrogens with zero attached hydrogens (tertiary/aromatic N) is 4. The molecule has 9 aromatic rings. The van der Waals surface area contributed by atoms with Crippen LogP contribution in [0.4, 0.5) is 0 Å². The normalized spacial score (nSPS) is 11.6. The van der Waals surface area contributed by atoms with E-state index in [1.807, 2.05) is 24.3 Å². The van der Waals surface area contributed by atoms with Crippen LogP contribution in [0.25, 0.3) is 85.9 Å². The number of thiophene rings is 2. The number of fused-ring (bicyclic) bond motifs is 6. The van der Waals surface area contributed by atoms with E-state index >= 15 is 0 Å². The molecular weight excluding hydrogens is 577 g/mol. The van der Waals surface area contributed by atoms with Crippen LogP contribution < -0.4 is 0 Å². The molecule has 0 radical (unpaired) electrons. The van der Waals surface area contributed by atoms with E-state index in [1.165, 1.54) is 9.40 Å². The van der Waals surface area contributed by atoms with Crippen LogP contribution in [0, 0.1) is 0 Å². The van der Waals surface area contributed by atoms with Gasteiger partial charge in [0, 0.05) is 42.4 Å². The SMILES string of the molecule is c1ccc(-c2nc(-c3ccc(-c4nc(-c5ccccc5)c5sc6ccccc6c5n4)cc3)c3sc4ccccc4c3n2)cc1. The summed E-state index contributed by atoms with van der Waals surface area (Å²) in [5, 5.41) is 2.31. The van der Waals surface area contributed by atoms with E-state index in [-0.39, 0.29) is 0 Å². The molecule has 0 atom stereocenters. The zero-order valence-corrected chi connectivity index (χ0v) is 24.9. The molecule has 0 aliphatic rings. The van der Waals surface area contributed by atoms with Crippen LogP contribution in [-0.4, -0.2) is 19.9 Å². The van der Waals surface area contributed by atoms with Gasteiger partial charge in [-0.05, 0) is 12.1 Å². The molecular formula is C38H22N4S2. The Morgan fingerprint density at radius 1 is 0.341 bits per heavy atom. The van der Waals surface area contributed by atoms with Crippen LogP contribution in [0.3, 0.4) is 0 Å². The highest BCUT2D eigenvalue weighted by molar-refractivity contribution is 7.26. The second-order valence-electron chi connectivity index (χ2n) is 10.7. The Morgan fingerprint density at radius 2 is 0.727 bits per heavy atom. The standard InChI is InChI=1S/C38H22N4S2/c1-3-11-23(12-4-1)31-35-33(27-15-7-9-17-29(27)43-35)42-38(39-31)26-21-19-24(20-22-26)32-36-34(28-16-8-10-18-30(28)44-36)41-37(40-32)25-13-5-2-6-14-25/h1-22H. The summed E-state index contributed by atoms with van der Waals surface area (Å²) in [6.07, 6.45) is 0. The Balaban J connectivity index is 1.22. The molecule has 206 valence electrons. The smallest absolute Gasteiger partial charge is 0.160 e. The monoisotopic (exact) mass is 598 g/mol. The average molecular weight is 599 g/mol. The molecule has 4 nitrogen and oxygen atoms in total. The van der Waals surface area contributed by atoms with E-state index < -0.39 is 0 Å². The highest BCUT2D eigenvalue weighted by Crippen LogP contribution is 2.41. The van der Waals surface area contributed by atoms with E-state index in [0.717, 1.165) is 70.7 Å². The van der Waals surface area contributed by atoms with Gasteiger partial charge in [0.2, 0.25) is 0 Å². The Morgan fingerprint density at radius 3 is 1.25 bits per heavy atom. The zero-order chi connectivity index (χ0) is 29.0. The minimum atomic E-state index is 0.714. The van der Waals surface area contributed by atoms with Gasteiger partial charge in [0.1, 0.15) is 0 Å². The lowest BCUT2D eigenvalue weighted by molar-refractivity contribution is 1.23. The van der Waals surface area contributed by atoms with Crippen molar-refractivity contribution in [1.29, 1.82) is 0 Å². The van der Waals surface area contributed by atoms with Crippen molar-refractivity contribution in [2.24, 2.45) is 0 Å². The first-order valence-electron chi connectivity index (χ1n) is 14.4. The predicted octanol–water partition coefficient (Wildman–Crippen LogP) is 10.7. The summed E-state index contributed by atoms with van der Waals surface area (Å²) in [6, 6.07) is 46.0. The minimum absolute atomic E-state index is 0.714. The first-order chi connectivity index (χ1) is 21.8. The van der Waals surface area contributed by atoms with Gasteiger partial charge >= 0.3 is 0 Å². The lowest BCUT2D eigenvalue weighted by Gasteiger charge is -2.09. The van der Waals surface area contributed by atoms with Gasteiger partial charge in [-0.1, -0.05) is 121 Å². The highest BCUT2D eigenvalue weighted by Gasteiger charge is 2.19. The number of rotatable bonds is 4. The molecule has 0 saturated heterocycles. The lowest BCUT2D eigenvalue weighted by Crippen LogP contribution is -1.95. The van der Waals surface area contributed by atoms with Crippen LogP contribution in [0.15, 0.2) is 133 Å². The fourth-order valence-corrected chi connectivity index (χ4v) is 8.10. The number of benzene rings is 5. The van der Waals surface area contributed by atoms with Crippen molar-refractivity contribution in [2.75, 3.05) is 0 Å². The number of hydrogen-bond donors (Lipinski definition) is 0. The third kappa shape index (κ3) is 4.11. The molecule has 0 spiro atoms. The van der Waals surface area contributed by atoms with Crippen molar-refractivity contribution in [3.8, 4) is 45.3 Å². The largest absolute Gasteiger partial charge is 0.226 e. The second-order valence-corrected chi connectivity index (χ2v) is 12.8. The third-order valence-corrected chi connectivity index (χ3v) is 10.3. The summed E-state index contributed by atoms with van der Waals surface area (Å²) in [7, 11) is 0. The van der Waals surface area contributed by atoms with Crippen molar-refractivity contribution >= 4 is 63.3 Å². The van der Waals surface area contributed by atoms with Gasteiger partial charge in [-0.15, -0.1) is 22.7 Å². The van der Waals surface area contributed by atoms with E-state index in [0.29, 0.717) is 5.82 Å². The minimum Gasteiger partial charge on any atom is -0.226 e. The van der Waals surface area contributed by atoms with Crippen LogP contribution in [-0.2, 0) is 0 Å². The third-order valence-electron chi connectivity index (χ3n) is 7.94. The first kappa shape index (κ1) is 25.2. The van der Waals surface area contributed by atoms with Crippen molar-refractivity contribution in [2.45, 2.75) is 0 Å². The first-order valence-corrected chi connectivity index (χ1v) is 16.0. The van der Waals surface area contributed by atoms with Gasteiger partial charge in [-0.25, -0.2) is 19.9 Å². The maximum Gasteiger partial charge on any atom is 0.160 e. The molecule has 0 aliphatic carbocycles. The molecule has 0 amide bonds. The van der Waals surface area contributed by atoms with Crippen LogP contribution >= 0.6 is 22.7 Å². The maximum atomic E-state index is 5.15. The number of aromatic nitrogens is 4. The Bertz CT molecular complexity index is 2480. The fraction of sp³-hybridized carbons (Fsp3) is 0. The van der Waals surface area contributed by atoms with Gasteiger partial charge in [-0.2, -0.15) is 0 Å². The number of hydrogen-bond acceptors (Lipinski definition) is 6. The zero-order valence-electron chi connectivity index (χ0n) is 23.3. The molecule has 0 fully saturated rings. The molecule has 5 aromatic carbocycles. The Labute approximate surface area is 261 Å². The van der Waals surface area contributed by atoms with Crippen LogP contribution in [0.1, 0.15) is 0 Å². The molecule has 4 aromatic heterocycles. The summed E-state index contributed by atoms with van der Waals surface area (Å²) >= 11 is 3.49. The predicted molar refractivity (Wildman–Crippen MR) is 185 cm³/mol. The molecule has 0 aliphatic heterocycles. The average Bonchev–Trinajstić information content (AvgIpc) is 3.67. The quantitative estimate of drug-likeness (QED) is 0.202. The van der Waals surface area contributed by atoms with Gasteiger partial charge in [0.05, 0.1) is 31.8 Å². The summed E-state index contributed by atoms with van der Waals surface area (Å²) in [5.41, 5.74) is 7.98. The van der Waals surface area contributed by atoms with Gasteiger partial charge < -0.3 is 0 Å². The Kier molecular flexibility index (Phi) is 5.82. The molecule has 9 rings (SSSR count). The lowest BCUT2D eigenvalue weighted by atomic mass is 10.1. The van der Waals surface area contributed by atoms with E-state index in [4.69, 9.17) is 19.9 Å². The summed E-state index contributed by atoms with van der Waals surface area (Å²) in [5.74, 6) is 1.44. The van der Waals surface area contributed by atoms with Crippen molar-refractivity contribution in [1.82, 2.24) is 19.9 Å². The Hall–Kier alpha value is -5.30. The van der Waals surface area contributed by atoms with Crippen molar-refractivity contribution < 1.29 is 0 Å². The fourth-order valence-electron chi connectivity index (χ4n) is 5.79. The molecule has 6 heteroatoms. The van der Waals surface area contributed by atoms with Gasteiger partial charge in [0.25, 0.3) is 0 Å². The van der Waals surface area contributed by atoms with Crippen molar-refractivity contribution in [3.05, 3.63) is 133 Å². The van der Waals surface area contributed by atoms with Gasteiger partial charge in [0.15, 0.2) is 11.6 Å². The van der Waals surface area contributed by atoms with Crippen LogP contribution in [0.5, 0.6) is 0 Å². The topological polar surface area (TPSA) is 51.6 Å². The molecule has 0 bridgehead atoms. The molecule has 0 N–H and O–H groups in total. The van der Waals surface area contributed by atoms with E-state index in [9.17, 15) is 0 Å². The maximum absolute atomic E-state index is 5.15. The second kappa shape index (κ2) is 10.2. The van der Waals surface area contributed by atoms with Crippen molar-refractivity contribution in [3.63, 3.8) is 0 Å². The van der Waals surface area contributed by atoms with Crippen LogP contribution in [0.2, 0.25) is 0 Å². The van der Waals surface area contributed by atoms with Gasteiger partial charge in [-0.3, -0.25) is 0 Å². The van der Waals surface area contributed by atoms with E-state index in [2.05, 4.69) is 109 Å². The van der Waals surface area contributed by atoms with E-state index in [1.54, 1.807) is 22.7 Å². The summed E-state index contributed by atoms with van der Waals surface area (Å²) in [4.78, 5) is 20.5. The summed E-state index contributed by atoms with van der Waals surface area (Å²) < 4.78 is 4.62.